The Morgan fingerprint density at radius 2 is 0.947 bits per heavy atom. The van der Waals surface area contributed by atoms with Gasteiger partial charge < -0.3 is 9.32 Å². The van der Waals surface area contributed by atoms with Gasteiger partial charge in [0, 0.05) is 36.6 Å². The third-order valence-electron chi connectivity index (χ3n) is 11.1. The Bertz CT molecular complexity index is 3220. The molecular formula is C54H35NOS. The third kappa shape index (κ3) is 5.71. The zero-order chi connectivity index (χ0) is 37.7. The Hall–Kier alpha value is -7.20. The molecule has 2 aromatic heterocycles. The zero-order valence-electron chi connectivity index (χ0n) is 31.0. The summed E-state index contributed by atoms with van der Waals surface area (Å²) in [6.07, 6.45) is 0. The maximum Gasteiger partial charge on any atom is 0.159 e. The van der Waals surface area contributed by atoms with E-state index in [9.17, 15) is 0 Å². The molecule has 0 aliphatic heterocycles. The monoisotopic (exact) mass is 745 g/mol. The van der Waals surface area contributed by atoms with Gasteiger partial charge in [-0.3, -0.25) is 0 Å². The molecule has 0 aliphatic rings. The van der Waals surface area contributed by atoms with Crippen molar-refractivity contribution in [2.24, 2.45) is 0 Å². The Morgan fingerprint density at radius 3 is 1.67 bits per heavy atom. The highest BCUT2D eigenvalue weighted by atomic mass is 32.1. The van der Waals surface area contributed by atoms with Gasteiger partial charge >= 0.3 is 0 Å². The van der Waals surface area contributed by atoms with Gasteiger partial charge in [0.25, 0.3) is 0 Å². The summed E-state index contributed by atoms with van der Waals surface area (Å²) in [6.45, 7) is 0. The first-order chi connectivity index (χ1) is 28.3. The summed E-state index contributed by atoms with van der Waals surface area (Å²) in [5.74, 6) is 0. The number of hydrogen-bond acceptors (Lipinski definition) is 3. The number of rotatable bonds is 7. The van der Waals surface area contributed by atoms with Crippen LogP contribution in [0.2, 0.25) is 0 Å². The average Bonchev–Trinajstić information content (AvgIpc) is 3.87. The van der Waals surface area contributed by atoms with E-state index in [2.05, 4.69) is 217 Å². The van der Waals surface area contributed by atoms with E-state index in [0.717, 1.165) is 44.6 Å². The van der Waals surface area contributed by atoms with Crippen LogP contribution in [0.1, 0.15) is 0 Å². The van der Waals surface area contributed by atoms with Gasteiger partial charge in [0.1, 0.15) is 5.58 Å². The van der Waals surface area contributed by atoms with Gasteiger partial charge in [-0.05, 0) is 87.0 Å². The molecule has 0 spiro atoms. The fraction of sp³-hybridized carbons (Fsp3) is 0. The van der Waals surface area contributed by atoms with E-state index in [1.54, 1.807) is 0 Å². The second-order valence-corrected chi connectivity index (χ2v) is 15.5. The van der Waals surface area contributed by atoms with Crippen LogP contribution < -0.4 is 4.90 Å². The molecule has 0 bridgehead atoms. The van der Waals surface area contributed by atoms with Crippen LogP contribution in [0.4, 0.5) is 17.1 Å². The topological polar surface area (TPSA) is 16.4 Å². The van der Waals surface area contributed by atoms with Crippen LogP contribution in [-0.2, 0) is 0 Å². The smallest absolute Gasteiger partial charge is 0.159 e. The van der Waals surface area contributed by atoms with Crippen LogP contribution in [0.25, 0.3) is 86.6 Å². The summed E-state index contributed by atoms with van der Waals surface area (Å²) in [6, 6.07) is 76.2. The van der Waals surface area contributed by atoms with Crippen molar-refractivity contribution in [3.05, 3.63) is 212 Å². The Balaban J connectivity index is 1.15. The molecule has 0 radical (unpaired) electrons. The minimum atomic E-state index is 0.857. The summed E-state index contributed by atoms with van der Waals surface area (Å²) < 4.78 is 9.49. The number of hydrogen-bond donors (Lipinski definition) is 0. The van der Waals surface area contributed by atoms with Gasteiger partial charge in [-0.2, -0.15) is 0 Å². The first-order valence-corrected chi connectivity index (χ1v) is 20.2. The van der Waals surface area contributed by atoms with Crippen LogP contribution in [0.5, 0.6) is 0 Å². The second kappa shape index (κ2) is 13.8. The van der Waals surface area contributed by atoms with Crippen molar-refractivity contribution in [1.82, 2.24) is 0 Å². The molecule has 0 N–H and O–H groups in total. The van der Waals surface area contributed by atoms with Crippen LogP contribution in [0.15, 0.2) is 217 Å². The molecule has 11 rings (SSSR count). The number of anilines is 3. The lowest BCUT2D eigenvalue weighted by Crippen LogP contribution is -2.10. The molecule has 0 saturated heterocycles. The highest BCUT2D eigenvalue weighted by Crippen LogP contribution is 2.50. The van der Waals surface area contributed by atoms with Crippen molar-refractivity contribution in [1.29, 1.82) is 0 Å². The van der Waals surface area contributed by atoms with Crippen molar-refractivity contribution in [3.8, 4) is 44.5 Å². The molecule has 0 aliphatic carbocycles. The Labute approximate surface area is 335 Å². The summed E-state index contributed by atoms with van der Waals surface area (Å²) >= 11 is 1.86. The molecule has 9 aromatic carbocycles. The number of thiophene rings is 1. The Morgan fingerprint density at radius 1 is 0.368 bits per heavy atom. The van der Waals surface area contributed by atoms with Crippen LogP contribution in [-0.4, -0.2) is 0 Å². The SMILES string of the molecule is c1ccc(-c2ccc3c(c2)oc2c(N(c4ccc(-c5ccccc5-c5ccccc5)cc4)c4ccc(-c5ccccc5)c5sc6ccccc6c45)cccc23)cc1. The molecule has 0 atom stereocenters. The molecule has 0 fully saturated rings. The molecular weight excluding hydrogens is 711 g/mol. The van der Waals surface area contributed by atoms with E-state index in [1.807, 2.05) is 11.3 Å². The average molecular weight is 746 g/mol. The quantitative estimate of drug-likeness (QED) is 0.162. The molecule has 11 aromatic rings. The predicted octanol–water partition coefficient (Wildman–Crippen LogP) is 16.1. The lowest BCUT2D eigenvalue weighted by Gasteiger charge is -2.27. The molecule has 2 nitrogen and oxygen atoms in total. The number of furan rings is 1. The first kappa shape index (κ1) is 33.2. The van der Waals surface area contributed by atoms with E-state index < -0.39 is 0 Å². The molecule has 0 saturated carbocycles. The van der Waals surface area contributed by atoms with E-state index in [1.165, 1.54) is 59.1 Å². The number of benzene rings is 9. The van der Waals surface area contributed by atoms with Gasteiger partial charge in [0.2, 0.25) is 0 Å². The minimum absolute atomic E-state index is 0.857. The molecule has 268 valence electrons. The Kier molecular flexibility index (Phi) is 8.04. The van der Waals surface area contributed by atoms with Gasteiger partial charge in [0.15, 0.2) is 5.58 Å². The highest BCUT2D eigenvalue weighted by molar-refractivity contribution is 7.26. The van der Waals surface area contributed by atoms with E-state index in [-0.39, 0.29) is 0 Å². The number of para-hydroxylation sites is 1. The van der Waals surface area contributed by atoms with Crippen LogP contribution in [0.3, 0.4) is 0 Å². The molecule has 2 heterocycles. The molecule has 57 heavy (non-hydrogen) atoms. The molecule has 0 amide bonds. The second-order valence-electron chi connectivity index (χ2n) is 14.4. The van der Waals surface area contributed by atoms with E-state index in [4.69, 9.17) is 4.42 Å². The fourth-order valence-electron chi connectivity index (χ4n) is 8.41. The summed E-state index contributed by atoms with van der Waals surface area (Å²) in [7, 11) is 0. The minimum Gasteiger partial charge on any atom is -0.454 e. The fourth-order valence-corrected chi connectivity index (χ4v) is 9.67. The summed E-state index contributed by atoms with van der Waals surface area (Å²) in [4.78, 5) is 2.41. The molecule has 3 heteroatoms. The maximum absolute atomic E-state index is 6.96. The largest absolute Gasteiger partial charge is 0.454 e. The lowest BCUT2D eigenvalue weighted by molar-refractivity contribution is 0.669. The van der Waals surface area contributed by atoms with Crippen molar-refractivity contribution in [2.75, 3.05) is 4.90 Å². The van der Waals surface area contributed by atoms with Gasteiger partial charge in [-0.25, -0.2) is 0 Å². The van der Waals surface area contributed by atoms with Crippen molar-refractivity contribution < 1.29 is 4.42 Å². The standard InChI is InChI=1S/C54H35NOS/c1-4-15-36(16-5-1)40-29-32-45-46-24-14-25-49(53(46)56-50(45)35-40)55(41-30-27-39(28-31-41)43-22-11-10-21-42(43)37-17-6-2-7-18-37)48-34-33-44(38-19-8-3-9-20-38)54-52(48)47-23-12-13-26-51(47)57-54/h1-35H. The molecule has 0 unspecified atom stereocenters. The van der Waals surface area contributed by atoms with Crippen molar-refractivity contribution >= 4 is 70.5 Å². The van der Waals surface area contributed by atoms with Gasteiger partial charge in [-0.15, -0.1) is 11.3 Å². The predicted molar refractivity (Wildman–Crippen MR) is 243 cm³/mol. The lowest BCUT2D eigenvalue weighted by atomic mass is 9.94. The van der Waals surface area contributed by atoms with Gasteiger partial charge in [-0.1, -0.05) is 170 Å². The summed E-state index contributed by atoms with van der Waals surface area (Å²) in [5.41, 5.74) is 14.4. The normalized spacial score (nSPS) is 11.5. The van der Waals surface area contributed by atoms with Crippen LogP contribution >= 0.6 is 11.3 Å². The van der Waals surface area contributed by atoms with E-state index in [0.29, 0.717) is 0 Å². The zero-order valence-corrected chi connectivity index (χ0v) is 31.8. The van der Waals surface area contributed by atoms with Crippen molar-refractivity contribution in [2.45, 2.75) is 0 Å². The number of nitrogens with zero attached hydrogens (tertiary/aromatic N) is 1. The highest BCUT2D eigenvalue weighted by Gasteiger charge is 2.24. The van der Waals surface area contributed by atoms with Crippen LogP contribution in [0, 0.1) is 0 Å². The maximum atomic E-state index is 6.96. The van der Waals surface area contributed by atoms with Crippen molar-refractivity contribution in [3.63, 3.8) is 0 Å². The summed E-state index contributed by atoms with van der Waals surface area (Å²) in [5, 5.41) is 4.67. The number of fused-ring (bicyclic) bond motifs is 6. The first-order valence-electron chi connectivity index (χ1n) is 19.3. The van der Waals surface area contributed by atoms with Gasteiger partial charge in [0.05, 0.1) is 11.4 Å². The third-order valence-corrected chi connectivity index (χ3v) is 12.3. The van der Waals surface area contributed by atoms with E-state index >= 15 is 0 Å².